The molecule has 24 heavy (non-hydrogen) atoms. The molecule has 0 aliphatic heterocycles. The lowest BCUT2D eigenvalue weighted by atomic mass is 9.90. The highest BCUT2D eigenvalue weighted by Crippen LogP contribution is 2.37. The Morgan fingerprint density at radius 1 is 1.08 bits per heavy atom. The van der Waals surface area contributed by atoms with E-state index in [1.807, 2.05) is 23.9 Å². The van der Waals surface area contributed by atoms with Crippen LogP contribution in [0.3, 0.4) is 0 Å². The van der Waals surface area contributed by atoms with E-state index in [0.29, 0.717) is 6.42 Å². The van der Waals surface area contributed by atoms with Crippen LogP contribution in [0.15, 0.2) is 30.3 Å². The second-order valence-electron chi connectivity index (χ2n) is 6.38. The highest BCUT2D eigenvalue weighted by atomic mass is 32.2. The Morgan fingerprint density at radius 3 is 2.50 bits per heavy atom. The molecule has 0 amide bonds. The molecule has 2 aromatic rings. The third kappa shape index (κ3) is 3.36. The summed E-state index contributed by atoms with van der Waals surface area (Å²) in [4.78, 5) is 12.0. The van der Waals surface area contributed by atoms with Crippen LogP contribution in [0.5, 0.6) is 5.75 Å². The number of aryl methyl sites for hydroxylation is 2. The van der Waals surface area contributed by atoms with Crippen LogP contribution in [0.4, 0.5) is 0 Å². The first-order valence-corrected chi connectivity index (χ1v) is 9.89. The van der Waals surface area contributed by atoms with Crippen LogP contribution in [-0.2, 0) is 6.42 Å². The Morgan fingerprint density at radius 2 is 1.79 bits per heavy atom. The van der Waals surface area contributed by atoms with E-state index < -0.39 is 0 Å². The van der Waals surface area contributed by atoms with E-state index >= 15 is 0 Å². The molecule has 2 nitrogen and oxygen atoms in total. The van der Waals surface area contributed by atoms with E-state index in [2.05, 4.69) is 38.3 Å². The number of thioether (sulfide) groups is 1. The second kappa shape index (κ2) is 7.43. The van der Waals surface area contributed by atoms with Crippen molar-refractivity contribution < 1.29 is 9.53 Å². The molecule has 0 fully saturated rings. The normalized spacial score (nSPS) is 13.2. The van der Waals surface area contributed by atoms with E-state index in [0.717, 1.165) is 36.5 Å². The minimum atomic E-state index is 0.274. The maximum atomic E-state index is 12.0. The smallest absolute Gasteiger partial charge is 0.163 e. The van der Waals surface area contributed by atoms with E-state index in [1.165, 1.54) is 27.8 Å². The average molecular weight is 340 g/mol. The van der Waals surface area contributed by atoms with Crippen molar-refractivity contribution in [3.63, 3.8) is 0 Å². The molecule has 0 unspecified atom stereocenters. The summed E-state index contributed by atoms with van der Waals surface area (Å²) in [6.07, 6.45) is 4.68. The molecule has 0 N–H and O–H groups in total. The Labute approximate surface area is 148 Å². The fourth-order valence-corrected chi connectivity index (χ4v) is 3.96. The number of fused-ring (bicyclic) bond motifs is 1. The van der Waals surface area contributed by atoms with Crippen molar-refractivity contribution in [2.45, 2.75) is 33.1 Å². The van der Waals surface area contributed by atoms with Crippen molar-refractivity contribution >= 4 is 17.5 Å². The Balaban J connectivity index is 1.92. The minimum Gasteiger partial charge on any atom is -0.494 e. The largest absolute Gasteiger partial charge is 0.494 e. The van der Waals surface area contributed by atoms with Gasteiger partial charge in [-0.15, -0.1) is 0 Å². The Bertz CT molecular complexity index is 741. The van der Waals surface area contributed by atoms with Crippen LogP contribution in [-0.4, -0.2) is 24.4 Å². The van der Waals surface area contributed by atoms with Crippen LogP contribution in [0.25, 0.3) is 11.1 Å². The summed E-state index contributed by atoms with van der Waals surface area (Å²) in [5.41, 5.74) is 7.00. The third-order valence-corrected chi connectivity index (χ3v) is 5.31. The molecule has 0 spiro atoms. The molecule has 0 saturated heterocycles. The maximum absolute atomic E-state index is 12.0. The summed E-state index contributed by atoms with van der Waals surface area (Å²) in [5.74, 6) is 2.34. The van der Waals surface area contributed by atoms with Crippen LogP contribution < -0.4 is 4.74 Å². The van der Waals surface area contributed by atoms with Crippen molar-refractivity contribution in [1.82, 2.24) is 0 Å². The maximum Gasteiger partial charge on any atom is 0.163 e. The number of rotatable bonds is 6. The molecule has 0 saturated carbocycles. The molecule has 0 atom stereocenters. The molecule has 0 heterocycles. The zero-order valence-corrected chi connectivity index (χ0v) is 15.5. The van der Waals surface area contributed by atoms with Gasteiger partial charge in [0.2, 0.25) is 0 Å². The quantitative estimate of drug-likeness (QED) is 0.673. The van der Waals surface area contributed by atoms with Gasteiger partial charge < -0.3 is 4.74 Å². The number of carbonyl (C=O) groups excluding carboxylic acids is 1. The summed E-state index contributed by atoms with van der Waals surface area (Å²) < 4.78 is 5.90. The van der Waals surface area contributed by atoms with E-state index in [4.69, 9.17) is 4.74 Å². The molecule has 1 aliphatic carbocycles. The lowest BCUT2D eigenvalue weighted by Crippen LogP contribution is -2.01. The van der Waals surface area contributed by atoms with Gasteiger partial charge in [-0.3, -0.25) is 4.79 Å². The highest BCUT2D eigenvalue weighted by molar-refractivity contribution is 7.98. The number of ether oxygens (including phenoxy) is 1. The first kappa shape index (κ1) is 17.1. The summed E-state index contributed by atoms with van der Waals surface area (Å²) in [5, 5.41) is 0. The van der Waals surface area contributed by atoms with Gasteiger partial charge in [0.25, 0.3) is 0 Å². The fourth-order valence-electron chi connectivity index (χ4n) is 3.55. The molecular formula is C21H24O2S. The van der Waals surface area contributed by atoms with Crippen LogP contribution in [0.1, 0.15) is 39.9 Å². The van der Waals surface area contributed by atoms with Crippen molar-refractivity contribution in [1.29, 1.82) is 0 Å². The number of hydrogen-bond donors (Lipinski definition) is 0. The van der Waals surface area contributed by atoms with Crippen LogP contribution in [0.2, 0.25) is 0 Å². The second-order valence-corrected chi connectivity index (χ2v) is 7.37. The molecule has 2 aromatic carbocycles. The first-order chi connectivity index (χ1) is 11.6. The van der Waals surface area contributed by atoms with Gasteiger partial charge in [0.15, 0.2) is 5.78 Å². The zero-order chi connectivity index (χ0) is 17.1. The van der Waals surface area contributed by atoms with Gasteiger partial charge in [0.05, 0.1) is 6.61 Å². The third-order valence-electron chi connectivity index (χ3n) is 4.62. The molecule has 3 heteroatoms. The van der Waals surface area contributed by atoms with E-state index in [-0.39, 0.29) is 5.78 Å². The van der Waals surface area contributed by atoms with Crippen molar-refractivity contribution in [2.24, 2.45) is 0 Å². The summed E-state index contributed by atoms with van der Waals surface area (Å²) in [7, 11) is 0. The lowest BCUT2D eigenvalue weighted by molar-refractivity contribution is 0.0994. The number of ketones is 1. The van der Waals surface area contributed by atoms with E-state index in [1.54, 1.807) is 0 Å². The molecule has 1 aliphatic rings. The van der Waals surface area contributed by atoms with Gasteiger partial charge in [0, 0.05) is 12.0 Å². The van der Waals surface area contributed by atoms with Crippen molar-refractivity contribution in [3.8, 4) is 16.9 Å². The monoisotopic (exact) mass is 340 g/mol. The number of benzene rings is 2. The average Bonchev–Trinajstić information content (AvgIpc) is 2.93. The van der Waals surface area contributed by atoms with E-state index in [9.17, 15) is 4.79 Å². The van der Waals surface area contributed by atoms with Gasteiger partial charge in [-0.1, -0.05) is 18.2 Å². The Kier molecular flexibility index (Phi) is 5.30. The van der Waals surface area contributed by atoms with Gasteiger partial charge >= 0.3 is 0 Å². The molecule has 0 aromatic heterocycles. The van der Waals surface area contributed by atoms with Crippen LogP contribution in [0, 0.1) is 13.8 Å². The number of carbonyl (C=O) groups is 1. The molecule has 0 radical (unpaired) electrons. The molecule has 126 valence electrons. The number of hydrogen-bond acceptors (Lipinski definition) is 3. The van der Waals surface area contributed by atoms with Crippen LogP contribution >= 0.6 is 11.8 Å². The zero-order valence-electron chi connectivity index (χ0n) is 14.6. The molecule has 0 bridgehead atoms. The lowest BCUT2D eigenvalue weighted by Gasteiger charge is -2.16. The predicted molar refractivity (Wildman–Crippen MR) is 102 cm³/mol. The van der Waals surface area contributed by atoms with Gasteiger partial charge in [-0.05, 0) is 78.6 Å². The molecule has 3 rings (SSSR count). The van der Waals surface area contributed by atoms with Gasteiger partial charge in [-0.25, -0.2) is 0 Å². The highest BCUT2D eigenvalue weighted by Gasteiger charge is 2.23. The standard InChI is InChI=1S/C21H24O2S/c1-14-12-16(23-10-5-11-24-3)13-15(2)21(14)19-7-4-6-18-17(19)8-9-20(18)22/h4,6-7,12-13H,5,8-11H2,1-3H3. The van der Waals surface area contributed by atoms with Crippen molar-refractivity contribution in [2.75, 3.05) is 18.6 Å². The minimum absolute atomic E-state index is 0.274. The fraction of sp³-hybridized carbons (Fsp3) is 0.381. The summed E-state index contributed by atoms with van der Waals surface area (Å²) in [6, 6.07) is 10.4. The number of Topliss-reactive ketones (excluding diaryl/α,β-unsaturated/α-hetero) is 1. The van der Waals surface area contributed by atoms with Gasteiger partial charge in [0.1, 0.15) is 5.75 Å². The molecular weight excluding hydrogens is 316 g/mol. The topological polar surface area (TPSA) is 26.3 Å². The van der Waals surface area contributed by atoms with Crippen molar-refractivity contribution in [3.05, 3.63) is 52.6 Å². The van der Waals surface area contributed by atoms with Gasteiger partial charge in [-0.2, -0.15) is 11.8 Å². The predicted octanol–water partition coefficient (Wildman–Crippen LogP) is 5.23. The SMILES string of the molecule is CSCCCOc1cc(C)c(-c2cccc3c2CCC3=O)c(C)c1. The summed E-state index contributed by atoms with van der Waals surface area (Å²) >= 11 is 1.85. The first-order valence-electron chi connectivity index (χ1n) is 8.50. The Hall–Kier alpha value is -1.74. The summed E-state index contributed by atoms with van der Waals surface area (Å²) in [6.45, 7) is 5.02.